The van der Waals surface area contributed by atoms with E-state index in [0.29, 0.717) is 22.7 Å². The molecule has 3 aromatic rings. The highest BCUT2D eigenvalue weighted by Crippen LogP contribution is 2.27. The van der Waals surface area contributed by atoms with Gasteiger partial charge in [0.25, 0.3) is 11.8 Å². The molecule has 0 bridgehead atoms. The molecule has 0 radical (unpaired) electrons. The molecule has 162 valence electrons. The Morgan fingerprint density at radius 2 is 1.62 bits per heavy atom. The van der Waals surface area contributed by atoms with Gasteiger partial charge in [-0.15, -0.1) is 0 Å². The van der Waals surface area contributed by atoms with E-state index in [1.54, 1.807) is 26.0 Å². The van der Waals surface area contributed by atoms with Crippen LogP contribution in [0.2, 0.25) is 0 Å². The molecule has 7 nitrogen and oxygen atoms in total. The highest BCUT2D eigenvalue weighted by Gasteiger charge is 2.31. The second-order valence-electron chi connectivity index (χ2n) is 7.87. The number of rotatable bonds is 4. The molecule has 1 aliphatic rings. The molecule has 1 aliphatic heterocycles. The van der Waals surface area contributed by atoms with Crippen molar-refractivity contribution in [2.24, 2.45) is 5.10 Å². The third-order valence-electron chi connectivity index (χ3n) is 5.60. The molecule has 4 rings (SSSR count). The Morgan fingerprint density at radius 1 is 0.938 bits per heavy atom. The van der Waals surface area contributed by atoms with Crippen molar-refractivity contribution in [1.82, 2.24) is 10.9 Å². The van der Waals surface area contributed by atoms with Gasteiger partial charge in [-0.2, -0.15) is 10.1 Å². The number of aryl methyl sites for hydroxylation is 2. The third kappa shape index (κ3) is 3.80. The van der Waals surface area contributed by atoms with Crippen LogP contribution in [0.3, 0.4) is 0 Å². The number of hydrogen-bond acceptors (Lipinski definition) is 5. The molecule has 0 aliphatic carbocycles. The monoisotopic (exact) mass is 428 g/mol. The molecule has 7 heteroatoms. The fourth-order valence-electron chi connectivity index (χ4n) is 3.66. The van der Waals surface area contributed by atoms with E-state index in [-0.39, 0.29) is 17.2 Å². The minimum absolute atomic E-state index is 0.121. The molecule has 3 aromatic carbocycles. The van der Waals surface area contributed by atoms with Crippen molar-refractivity contribution < 1.29 is 14.7 Å². The Balaban J connectivity index is 1.53. The van der Waals surface area contributed by atoms with E-state index in [1.807, 2.05) is 56.3 Å². The van der Waals surface area contributed by atoms with E-state index in [9.17, 15) is 14.7 Å². The minimum atomic E-state index is -0.515. The lowest BCUT2D eigenvalue weighted by molar-refractivity contribution is -0.114. The Labute approximate surface area is 186 Å². The van der Waals surface area contributed by atoms with Crippen LogP contribution in [0, 0.1) is 13.8 Å². The van der Waals surface area contributed by atoms with Crippen molar-refractivity contribution in [2.45, 2.75) is 27.7 Å². The molecule has 3 N–H and O–H groups in total. The number of hydrogen-bond donors (Lipinski definition) is 3. The number of fused-ring (bicyclic) bond motifs is 1. The van der Waals surface area contributed by atoms with Gasteiger partial charge in [0.2, 0.25) is 0 Å². The van der Waals surface area contributed by atoms with Gasteiger partial charge in [0, 0.05) is 5.70 Å². The zero-order valence-electron chi connectivity index (χ0n) is 18.4. The van der Waals surface area contributed by atoms with Crippen LogP contribution < -0.4 is 15.9 Å². The summed E-state index contributed by atoms with van der Waals surface area (Å²) in [5.41, 5.74) is 9.75. The first-order valence-corrected chi connectivity index (χ1v) is 10.2. The number of phenols is 1. The molecule has 2 amide bonds. The SMILES string of the molecule is CC1=NN(c2ccc(C)c(C)c2)C(=O)/C1=C(/C)NNC(=O)c1cc2ccccc2cc1O. The van der Waals surface area contributed by atoms with E-state index in [2.05, 4.69) is 16.0 Å². The molecule has 0 unspecified atom stereocenters. The van der Waals surface area contributed by atoms with Crippen molar-refractivity contribution in [3.63, 3.8) is 0 Å². The number of nitrogens with zero attached hydrogens (tertiary/aromatic N) is 2. The summed E-state index contributed by atoms with van der Waals surface area (Å²) in [7, 11) is 0. The van der Waals surface area contributed by atoms with Crippen molar-refractivity contribution in [3.8, 4) is 5.75 Å². The Morgan fingerprint density at radius 3 is 2.31 bits per heavy atom. The van der Waals surface area contributed by atoms with E-state index in [4.69, 9.17) is 0 Å². The van der Waals surface area contributed by atoms with Crippen molar-refractivity contribution in [1.29, 1.82) is 0 Å². The number of hydrazine groups is 1. The molecule has 0 saturated carbocycles. The van der Waals surface area contributed by atoms with Crippen LogP contribution in [0.4, 0.5) is 5.69 Å². The summed E-state index contributed by atoms with van der Waals surface area (Å²) in [5, 5.41) is 17.7. The molecule has 0 saturated heterocycles. The first kappa shape index (κ1) is 21.1. The zero-order valence-corrected chi connectivity index (χ0v) is 18.4. The molecular weight excluding hydrogens is 404 g/mol. The average Bonchev–Trinajstić information content (AvgIpc) is 3.07. The maximum Gasteiger partial charge on any atom is 0.282 e. The summed E-state index contributed by atoms with van der Waals surface area (Å²) >= 11 is 0. The Kier molecular flexibility index (Phi) is 5.40. The standard InChI is InChI=1S/C25H24N4O3/c1-14-9-10-20(11-15(14)2)29-25(32)23(17(4)28-29)16(3)26-27-24(31)21-12-18-7-5-6-8-19(18)13-22(21)30/h5-13,26,30H,1-4H3,(H,27,31)/b23-16-. The average molecular weight is 428 g/mol. The number of carbonyl (C=O) groups is 2. The predicted molar refractivity (Wildman–Crippen MR) is 125 cm³/mol. The van der Waals surface area contributed by atoms with Crippen LogP contribution in [0.1, 0.15) is 35.3 Å². The topological polar surface area (TPSA) is 94.0 Å². The number of benzene rings is 3. The molecule has 1 heterocycles. The number of phenolic OH excluding ortho intramolecular Hbond substituents is 1. The Hall–Kier alpha value is -4.13. The van der Waals surface area contributed by atoms with Crippen LogP contribution in [0.25, 0.3) is 10.8 Å². The summed E-state index contributed by atoms with van der Waals surface area (Å²) in [4.78, 5) is 25.7. The lowest BCUT2D eigenvalue weighted by atomic mass is 10.1. The lowest BCUT2D eigenvalue weighted by Crippen LogP contribution is -2.38. The first-order chi connectivity index (χ1) is 15.3. The normalized spacial score (nSPS) is 15.1. The highest BCUT2D eigenvalue weighted by molar-refractivity contribution is 6.30. The van der Waals surface area contributed by atoms with Gasteiger partial charge in [0.1, 0.15) is 5.75 Å². The quantitative estimate of drug-likeness (QED) is 0.431. The fraction of sp³-hybridized carbons (Fsp3) is 0.160. The van der Waals surface area contributed by atoms with Gasteiger partial charge in [-0.3, -0.25) is 15.0 Å². The van der Waals surface area contributed by atoms with Crippen LogP contribution in [-0.2, 0) is 4.79 Å². The van der Waals surface area contributed by atoms with E-state index < -0.39 is 5.91 Å². The van der Waals surface area contributed by atoms with Crippen LogP contribution >= 0.6 is 0 Å². The van der Waals surface area contributed by atoms with Crippen molar-refractivity contribution in [2.75, 3.05) is 5.01 Å². The maximum atomic E-state index is 13.0. The maximum absolute atomic E-state index is 13.0. The van der Waals surface area contributed by atoms with E-state index in [0.717, 1.165) is 21.9 Å². The number of hydrazone groups is 1. The van der Waals surface area contributed by atoms with Gasteiger partial charge < -0.3 is 10.5 Å². The van der Waals surface area contributed by atoms with Gasteiger partial charge in [0.15, 0.2) is 0 Å². The van der Waals surface area contributed by atoms with Crippen LogP contribution in [-0.4, -0.2) is 22.6 Å². The minimum Gasteiger partial charge on any atom is -0.507 e. The fourth-order valence-corrected chi connectivity index (χ4v) is 3.66. The largest absolute Gasteiger partial charge is 0.507 e. The number of carbonyl (C=O) groups excluding carboxylic acids is 2. The molecule has 0 spiro atoms. The second kappa shape index (κ2) is 8.19. The summed E-state index contributed by atoms with van der Waals surface area (Å²) in [6.07, 6.45) is 0. The van der Waals surface area contributed by atoms with Crippen molar-refractivity contribution in [3.05, 3.63) is 82.6 Å². The number of allylic oxidation sites excluding steroid dienone is 1. The molecular formula is C25H24N4O3. The van der Waals surface area contributed by atoms with Crippen LogP contribution in [0.15, 0.2) is 71.0 Å². The van der Waals surface area contributed by atoms with E-state index >= 15 is 0 Å². The lowest BCUT2D eigenvalue weighted by Gasteiger charge is -2.15. The smallest absolute Gasteiger partial charge is 0.282 e. The van der Waals surface area contributed by atoms with Gasteiger partial charge in [-0.05, 0) is 73.9 Å². The summed E-state index contributed by atoms with van der Waals surface area (Å²) < 4.78 is 0. The van der Waals surface area contributed by atoms with Gasteiger partial charge in [-0.1, -0.05) is 30.3 Å². The molecule has 32 heavy (non-hydrogen) atoms. The number of aromatic hydroxyl groups is 1. The van der Waals surface area contributed by atoms with Crippen LogP contribution in [0.5, 0.6) is 5.75 Å². The third-order valence-corrected chi connectivity index (χ3v) is 5.60. The predicted octanol–water partition coefficient (Wildman–Crippen LogP) is 4.09. The number of amides is 2. The number of nitrogens with one attached hydrogen (secondary N) is 2. The number of anilines is 1. The highest BCUT2D eigenvalue weighted by atomic mass is 16.3. The van der Waals surface area contributed by atoms with Crippen molar-refractivity contribution >= 4 is 34.0 Å². The van der Waals surface area contributed by atoms with Gasteiger partial charge in [0.05, 0.1) is 22.5 Å². The van der Waals surface area contributed by atoms with Gasteiger partial charge >= 0.3 is 0 Å². The summed E-state index contributed by atoms with van der Waals surface area (Å²) in [6, 6.07) is 16.3. The molecule has 0 aromatic heterocycles. The zero-order chi connectivity index (χ0) is 23.0. The Bertz CT molecular complexity index is 1320. The summed E-state index contributed by atoms with van der Waals surface area (Å²) in [5.74, 6) is -0.915. The molecule has 0 fully saturated rings. The molecule has 0 atom stereocenters. The van der Waals surface area contributed by atoms with E-state index in [1.165, 1.54) is 5.01 Å². The van der Waals surface area contributed by atoms with Gasteiger partial charge in [-0.25, -0.2) is 0 Å². The summed E-state index contributed by atoms with van der Waals surface area (Å²) in [6.45, 7) is 7.43. The second-order valence-corrected chi connectivity index (χ2v) is 7.87. The first-order valence-electron chi connectivity index (χ1n) is 10.2.